The van der Waals surface area contributed by atoms with Crippen molar-refractivity contribution >= 4 is 10.8 Å². The molecule has 2 aromatic heterocycles. The van der Waals surface area contributed by atoms with Crippen LogP contribution in [0.3, 0.4) is 0 Å². The van der Waals surface area contributed by atoms with Gasteiger partial charge in [-0.05, 0) is 18.5 Å². The van der Waals surface area contributed by atoms with E-state index in [0.29, 0.717) is 18.3 Å². The minimum absolute atomic E-state index is 0.525. The smallest absolute Gasteiger partial charge is 0.240 e. The lowest BCUT2D eigenvalue weighted by molar-refractivity contribution is 0.372. The fourth-order valence-corrected chi connectivity index (χ4v) is 1.87. The Hall–Kier alpha value is -2.27. The van der Waals surface area contributed by atoms with Gasteiger partial charge in [0.05, 0.1) is 6.54 Å². The first kappa shape index (κ1) is 10.9. The molecule has 0 bridgehead atoms. The number of rotatable bonds is 3. The Morgan fingerprint density at radius 1 is 1.22 bits per heavy atom. The van der Waals surface area contributed by atoms with Crippen molar-refractivity contribution in [3.63, 3.8) is 0 Å². The van der Waals surface area contributed by atoms with E-state index < -0.39 is 0 Å². The Morgan fingerprint density at radius 3 is 3.00 bits per heavy atom. The SMILES string of the molecule is CNCc1nc(-c2nccc3ccccc23)no1. The molecule has 0 spiro atoms. The van der Waals surface area contributed by atoms with E-state index in [9.17, 15) is 0 Å². The molecule has 90 valence electrons. The first-order valence-electron chi connectivity index (χ1n) is 5.70. The highest BCUT2D eigenvalue weighted by molar-refractivity contribution is 5.92. The van der Waals surface area contributed by atoms with Gasteiger partial charge in [-0.2, -0.15) is 4.98 Å². The first-order chi connectivity index (χ1) is 8.88. The molecule has 0 aliphatic carbocycles. The molecule has 18 heavy (non-hydrogen) atoms. The largest absolute Gasteiger partial charge is 0.337 e. The molecule has 0 radical (unpaired) electrons. The number of fused-ring (bicyclic) bond motifs is 1. The Balaban J connectivity index is 2.12. The monoisotopic (exact) mass is 240 g/mol. The van der Waals surface area contributed by atoms with Crippen LogP contribution in [-0.2, 0) is 6.54 Å². The van der Waals surface area contributed by atoms with Crippen LogP contribution in [0.5, 0.6) is 0 Å². The van der Waals surface area contributed by atoms with Crippen LogP contribution in [0.4, 0.5) is 0 Å². The molecule has 0 unspecified atom stereocenters. The van der Waals surface area contributed by atoms with Crippen LogP contribution in [0.1, 0.15) is 5.89 Å². The van der Waals surface area contributed by atoms with Gasteiger partial charge in [0.25, 0.3) is 0 Å². The van der Waals surface area contributed by atoms with E-state index in [0.717, 1.165) is 16.5 Å². The summed E-state index contributed by atoms with van der Waals surface area (Å²) >= 11 is 0. The van der Waals surface area contributed by atoms with E-state index in [2.05, 4.69) is 20.4 Å². The van der Waals surface area contributed by atoms with Gasteiger partial charge in [-0.1, -0.05) is 29.4 Å². The molecule has 0 aliphatic rings. The molecule has 5 heteroatoms. The van der Waals surface area contributed by atoms with Crippen molar-refractivity contribution in [3.8, 4) is 11.5 Å². The lowest BCUT2D eigenvalue weighted by atomic mass is 10.1. The topological polar surface area (TPSA) is 63.8 Å². The van der Waals surface area contributed by atoms with Crippen molar-refractivity contribution in [2.45, 2.75) is 6.54 Å². The van der Waals surface area contributed by atoms with E-state index >= 15 is 0 Å². The second-order valence-corrected chi connectivity index (χ2v) is 3.92. The van der Waals surface area contributed by atoms with Gasteiger partial charge in [-0.3, -0.25) is 4.98 Å². The van der Waals surface area contributed by atoms with Crippen molar-refractivity contribution in [2.75, 3.05) is 7.05 Å². The van der Waals surface area contributed by atoms with Crippen LogP contribution < -0.4 is 5.32 Å². The predicted molar refractivity (Wildman–Crippen MR) is 67.8 cm³/mol. The third-order valence-electron chi connectivity index (χ3n) is 2.68. The van der Waals surface area contributed by atoms with Gasteiger partial charge in [0.1, 0.15) is 5.69 Å². The lowest BCUT2D eigenvalue weighted by Gasteiger charge is -2.00. The number of nitrogens with zero attached hydrogens (tertiary/aromatic N) is 3. The van der Waals surface area contributed by atoms with E-state index in [1.807, 2.05) is 37.4 Å². The molecule has 3 rings (SSSR count). The van der Waals surface area contributed by atoms with E-state index in [-0.39, 0.29) is 0 Å². The molecule has 1 N–H and O–H groups in total. The van der Waals surface area contributed by atoms with Crippen molar-refractivity contribution in [2.24, 2.45) is 0 Å². The van der Waals surface area contributed by atoms with Gasteiger partial charge >= 0.3 is 0 Å². The number of hydrogen-bond acceptors (Lipinski definition) is 5. The van der Waals surface area contributed by atoms with Gasteiger partial charge in [0.2, 0.25) is 11.7 Å². The summed E-state index contributed by atoms with van der Waals surface area (Å²) in [4.78, 5) is 8.66. The molecule has 3 aromatic rings. The predicted octanol–water partition coefficient (Wildman–Crippen LogP) is 2.00. The van der Waals surface area contributed by atoms with Gasteiger partial charge < -0.3 is 9.84 Å². The van der Waals surface area contributed by atoms with Crippen LogP contribution in [0, 0.1) is 0 Å². The highest BCUT2D eigenvalue weighted by Crippen LogP contribution is 2.23. The second kappa shape index (κ2) is 4.54. The molecule has 2 heterocycles. The quantitative estimate of drug-likeness (QED) is 0.758. The normalized spacial score (nSPS) is 10.9. The van der Waals surface area contributed by atoms with Crippen LogP contribution in [0.15, 0.2) is 41.1 Å². The summed E-state index contributed by atoms with van der Waals surface area (Å²) in [5.41, 5.74) is 0.749. The summed E-state index contributed by atoms with van der Waals surface area (Å²) in [5, 5.41) is 9.07. The molecule has 0 saturated carbocycles. The van der Waals surface area contributed by atoms with E-state index in [1.54, 1.807) is 6.20 Å². The van der Waals surface area contributed by atoms with E-state index in [1.165, 1.54) is 0 Å². The first-order valence-corrected chi connectivity index (χ1v) is 5.70. The average molecular weight is 240 g/mol. The summed E-state index contributed by atoms with van der Waals surface area (Å²) in [7, 11) is 1.83. The third-order valence-corrected chi connectivity index (χ3v) is 2.68. The molecule has 1 aromatic carbocycles. The maximum absolute atomic E-state index is 5.14. The number of hydrogen-bond donors (Lipinski definition) is 1. The molecule has 5 nitrogen and oxygen atoms in total. The highest BCUT2D eigenvalue weighted by Gasteiger charge is 2.12. The zero-order valence-corrected chi connectivity index (χ0v) is 9.92. The summed E-state index contributed by atoms with van der Waals surface area (Å²) < 4.78 is 5.14. The molecular weight excluding hydrogens is 228 g/mol. The number of nitrogens with one attached hydrogen (secondary N) is 1. The second-order valence-electron chi connectivity index (χ2n) is 3.92. The maximum atomic E-state index is 5.14. The van der Waals surface area contributed by atoms with Crippen molar-refractivity contribution in [1.29, 1.82) is 0 Å². The highest BCUT2D eigenvalue weighted by atomic mass is 16.5. The molecular formula is C13H12N4O. The zero-order valence-electron chi connectivity index (χ0n) is 9.92. The van der Waals surface area contributed by atoms with Crippen molar-refractivity contribution in [1.82, 2.24) is 20.4 Å². The third kappa shape index (κ3) is 1.84. The number of aromatic nitrogens is 3. The Bertz CT molecular complexity index is 672. The Kier molecular flexibility index (Phi) is 2.74. The van der Waals surface area contributed by atoms with Gasteiger partial charge in [-0.25, -0.2) is 0 Å². The Labute approximate surface area is 104 Å². The average Bonchev–Trinajstić information content (AvgIpc) is 2.87. The summed E-state index contributed by atoms with van der Waals surface area (Å²) in [6.45, 7) is 0.553. The maximum Gasteiger partial charge on any atom is 0.240 e. The number of benzene rings is 1. The summed E-state index contributed by atoms with van der Waals surface area (Å²) in [5.74, 6) is 1.08. The van der Waals surface area contributed by atoms with Crippen molar-refractivity contribution < 1.29 is 4.52 Å². The lowest BCUT2D eigenvalue weighted by Crippen LogP contribution is -2.04. The Morgan fingerprint density at radius 2 is 2.11 bits per heavy atom. The fraction of sp³-hybridized carbons (Fsp3) is 0.154. The summed E-state index contributed by atoms with van der Waals surface area (Å²) in [6, 6.07) is 9.98. The van der Waals surface area contributed by atoms with Gasteiger partial charge in [0, 0.05) is 11.6 Å². The van der Waals surface area contributed by atoms with Crippen molar-refractivity contribution in [3.05, 3.63) is 42.4 Å². The van der Waals surface area contributed by atoms with Crippen LogP contribution in [0.25, 0.3) is 22.3 Å². The number of pyridine rings is 1. The molecule has 0 atom stereocenters. The zero-order chi connectivity index (χ0) is 12.4. The molecule has 0 amide bonds. The minimum Gasteiger partial charge on any atom is -0.337 e. The van der Waals surface area contributed by atoms with Crippen LogP contribution in [0.2, 0.25) is 0 Å². The molecule has 0 fully saturated rings. The molecule has 0 saturated heterocycles. The van der Waals surface area contributed by atoms with Crippen LogP contribution >= 0.6 is 0 Å². The van der Waals surface area contributed by atoms with Gasteiger partial charge in [0.15, 0.2) is 0 Å². The van der Waals surface area contributed by atoms with Crippen LogP contribution in [-0.4, -0.2) is 22.2 Å². The fourth-order valence-electron chi connectivity index (χ4n) is 1.87. The summed E-state index contributed by atoms with van der Waals surface area (Å²) in [6.07, 6.45) is 1.76. The minimum atomic E-state index is 0.525. The molecule has 0 aliphatic heterocycles. The standard InChI is InChI=1S/C13H12N4O/c1-14-8-11-16-13(17-18-11)12-10-5-3-2-4-9(10)6-7-15-12/h2-7,14H,8H2,1H3. The van der Waals surface area contributed by atoms with Gasteiger partial charge in [-0.15, -0.1) is 0 Å². The van der Waals surface area contributed by atoms with E-state index in [4.69, 9.17) is 4.52 Å².